The SMILES string of the molecule is CS(=O)(=O)C1CCCC(C(=O)c2ccc(Br)cc2F)C1. The number of halogens is 2. The number of rotatable bonds is 3. The van der Waals surface area contributed by atoms with Gasteiger partial charge in [-0.25, -0.2) is 12.8 Å². The fraction of sp³-hybridized carbons (Fsp3) is 0.500. The van der Waals surface area contributed by atoms with Crippen molar-refractivity contribution < 1.29 is 17.6 Å². The summed E-state index contributed by atoms with van der Waals surface area (Å²) in [7, 11) is -3.14. The number of benzene rings is 1. The maximum Gasteiger partial charge on any atom is 0.168 e. The number of Topliss-reactive ketones (excluding diaryl/α,β-unsaturated/α-hetero) is 1. The average Bonchev–Trinajstić information content (AvgIpc) is 2.37. The quantitative estimate of drug-likeness (QED) is 0.774. The van der Waals surface area contributed by atoms with Crippen molar-refractivity contribution in [3.63, 3.8) is 0 Å². The molecule has 0 amide bonds. The number of hydrogen-bond acceptors (Lipinski definition) is 3. The van der Waals surface area contributed by atoms with Gasteiger partial charge in [-0.15, -0.1) is 0 Å². The molecule has 1 aliphatic carbocycles. The van der Waals surface area contributed by atoms with E-state index in [9.17, 15) is 17.6 Å². The van der Waals surface area contributed by atoms with E-state index in [-0.39, 0.29) is 11.3 Å². The molecule has 2 atom stereocenters. The van der Waals surface area contributed by atoms with Crippen molar-refractivity contribution in [2.45, 2.75) is 30.9 Å². The lowest BCUT2D eigenvalue weighted by Gasteiger charge is -2.27. The molecule has 1 fully saturated rings. The highest BCUT2D eigenvalue weighted by molar-refractivity contribution is 9.10. The molecule has 2 rings (SSSR count). The fourth-order valence-corrected chi connectivity index (χ4v) is 4.19. The second-order valence-corrected chi connectivity index (χ2v) is 8.54. The Hall–Kier alpha value is -0.750. The van der Waals surface area contributed by atoms with Gasteiger partial charge < -0.3 is 0 Å². The summed E-state index contributed by atoms with van der Waals surface area (Å²) in [6.45, 7) is 0. The zero-order valence-electron chi connectivity index (χ0n) is 11.1. The van der Waals surface area contributed by atoms with Crippen LogP contribution < -0.4 is 0 Å². The number of carbonyl (C=O) groups excluding carboxylic acids is 1. The van der Waals surface area contributed by atoms with E-state index in [0.717, 1.165) is 0 Å². The number of hydrogen-bond donors (Lipinski definition) is 0. The molecular formula is C14H16BrFO3S. The van der Waals surface area contributed by atoms with Gasteiger partial charge in [-0.3, -0.25) is 4.79 Å². The molecule has 0 radical (unpaired) electrons. The summed E-state index contributed by atoms with van der Waals surface area (Å²) in [5.74, 6) is -1.26. The summed E-state index contributed by atoms with van der Waals surface area (Å²) in [6.07, 6.45) is 3.40. The molecule has 20 heavy (non-hydrogen) atoms. The minimum absolute atomic E-state index is 0.0485. The molecule has 3 nitrogen and oxygen atoms in total. The Morgan fingerprint density at radius 1 is 1.35 bits per heavy atom. The molecule has 0 spiro atoms. The molecule has 6 heteroatoms. The highest BCUT2D eigenvalue weighted by Crippen LogP contribution is 2.31. The van der Waals surface area contributed by atoms with Crippen molar-refractivity contribution in [1.29, 1.82) is 0 Å². The largest absolute Gasteiger partial charge is 0.294 e. The maximum absolute atomic E-state index is 13.8. The summed E-state index contributed by atoms with van der Waals surface area (Å²) >= 11 is 3.15. The third kappa shape index (κ3) is 3.47. The number of ketones is 1. The maximum atomic E-state index is 13.8. The first-order chi connectivity index (χ1) is 9.29. The molecule has 0 bridgehead atoms. The molecule has 0 aliphatic heterocycles. The molecule has 1 saturated carbocycles. The van der Waals surface area contributed by atoms with Crippen molar-refractivity contribution in [1.82, 2.24) is 0 Å². The summed E-state index contributed by atoms with van der Waals surface area (Å²) < 4.78 is 37.6. The number of sulfone groups is 1. The molecule has 0 N–H and O–H groups in total. The van der Waals surface area contributed by atoms with Gasteiger partial charge in [-0.2, -0.15) is 0 Å². The van der Waals surface area contributed by atoms with Gasteiger partial charge in [0.1, 0.15) is 15.7 Å². The van der Waals surface area contributed by atoms with Gasteiger partial charge in [0.25, 0.3) is 0 Å². The van der Waals surface area contributed by atoms with Crippen LogP contribution in [0.15, 0.2) is 22.7 Å². The molecule has 2 unspecified atom stereocenters. The minimum Gasteiger partial charge on any atom is -0.294 e. The summed E-state index contributed by atoms with van der Waals surface area (Å²) in [6, 6.07) is 4.32. The predicted molar refractivity (Wildman–Crippen MR) is 79.0 cm³/mol. The monoisotopic (exact) mass is 362 g/mol. The van der Waals surface area contributed by atoms with Gasteiger partial charge in [0.15, 0.2) is 5.78 Å². The van der Waals surface area contributed by atoms with Crippen molar-refractivity contribution in [3.05, 3.63) is 34.1 Å². The second kappa shape index (κ2) is 5.93. The Morgan fingerprint density at radius 2 is 2.05 bits per heavy atom. The third-order valence-corrected chi connectivity index (χ3v) is 5.93. The standard InChI is InChI=1S/C14H16BrFO3S/c1-20(18,19)11-4-2-3-9(7-11)14(17)12-6-5-10(15)8-13(12)16/h5-6,8-9,11H,2-4,7H2,1H3. The first kappa shape index (κ1) is 15.6. The average molecular weight is 363 g/mol. The highest BCUT2D eigenvalue weighted by Gasteiger charge is 2.33. The van der Waals surface area contributed by atoms with Gasteiger partial charge in [0, 0.05) is 16.6 Å². The van der Waals surface area contributed by atoms with Crippen LogP contribution in [-0.2, 0) is 9.84 Å². The molecular weight excluding hydrogens is 347 g/mol. The van der Waals surface area contributed by atoms with Crippen LogP contribution in [0.1, 0.15) is 36.0 Å². The smallest absolute Gasteiger partial charge is 0.168 e. The van der Waals surface area contributed by atoms with E-state index in [2.05, 4.69) is 15.9 Å². The zero-order valence-corrected chi connectivity index (χ0v) is 13.5. The van der Waals surface area contributed by atoms with Gasteiger partial charge in [0.2, 0.25) is 0 Å². The van der Waals surface area contributed by atoms with Crippen molar-refractivity contribution >= 4 is 31.6 Å². The molecule has 110 valence electrons. The van der Waals surface area contributed by atoms with E-state index in [1.54, 1.807) is 6.07 Å². The van der Waals surface area contributed by atoms with E-state index >= 15 is 0 Å². The Morgan fingerprint density at radius 3 is 2.65 bits per heavy atom. The van der Waals surface area contributed by atoms with Gasteiger partial charge in [-0.05, 0) is 37.5 Å². The third-order valence-electron chi connectivity index (χ3n) is 3.80. The highest BCUT2D eigenvalue weighted by atomic mass is 79.9. The van der Waals surface area contributed by atoms with E-state index in [1.165, 1.54) is 18.4 Å². The van der Waals surface area contributed by atoms with E-state index in [4.69, 9.17) is 0 Å². The lowest BCUT2D eigenvalue weighted by atomic mass is 9.83. The Bertz CT molecular complexity index is 627. The molecule has 1 aliphatic rings. The molecule has 0 aromatic heterocycles. The second-order valence-electron chi connectivity index (χ2n) is 5.30. The van der Waals surface area contributed by atoms with Crippen LogP contribution in [-0.4, -0.2) is 25.7 Å². The van der Waals surface area contributed by atoms with Crippen LogP contribution in [0.3, 0.4) is 0 Å². The van der Waals surface area contributed by atoms with Crippen LogP contribution in [0.4, 0.5) is 4.39 Å². The topological polar surface area (TPSA) is 51.2 Å². The van der Waals surface area contributed by atoms with Crippen molar-refractivity contribution in [2.75, 3.05) is 6.26 Å². The van der Waals surface area contributed by atoms with E-state index < -0.39 is 26.8 Å². The normalized spacial score (nSPS) is 23.6. The molecule has 1 aromatic carbocycles. The van der Waals surface area contributed by atoms with Gasteiger partial charge >= 0.3 is 0 Å². The minimum atomic E-state index is -3.14. The Labute approximate surface area is 126 Å². The lowest BCUT2D eigenvalue weighted by molar-refractivity contribution is 0.0886. The fourth-order valence-electron chi connectivity index (χ4n) is 2.68. The van der Waals surface area contributed by atoms with Crippen molar-refractivity contribution in [3.8, 4) is 0 Å². The van der Waals surface area contributed by atoms with E-state index in [1.807, 2.05) is 0 Å². The summed E-state index contributed by atoms with van der Waals surface area (Å²) in [5.41, 5.74) is 0.0485. The summed E-state index contributed by atoms with van der Waals surface area (Å²) in [4.78, 5) is 12.4. The van der Waals surface area contributed by atoms with Crippen LogP contribution in [0, 0.1) is 11.7 Å². The zero-order chi connectivity index (χ0) is 14.9. The van der Waals surface area contributed by atoms with E-state index in [0.29, 0.717) is 30.2 Å². The van der Waals surface area contributed by atoms with Crippen molar-refractivity contribution in [2.24, 2.45) is 5.92 Å². The van der Waals surface area contributed by atoms with Crippen LogP contribution >= 0.6 is 15.9 Å². The van der Waals surface area contributed by atoms with Gasteiger partial charge in [0.05, 0.1) is 10.8 Å². The van der Waals surface area contributed by atoms with Crippen LogP contribution in [0.2, 0.25) is 0 Å². The van der Waals surface area contributed by atoms with Crippen LogP contribution in [0.25, 0.3) is 0 Å². The molecule has 1 aromatic rings. The van der Waals surface area contributed by atoms with Crippen LogP contribution in [0.5, 0.6) is 0 Å². The predicted octanol–water partition coefficient (Wildman–Crippen LogP) is 3.37. The first-order valence-corrected chi connectivity index (χ1v) is 9.22. The van der Waals surface area contributed by atoms with Gasteiger partial charge in [-0.1, -0.05) is 22.4 Å². The first-order valence-electron chi connectivity index (χ1n) is 6.47. The lowest BCUT2D eigenvalue weighted by Crippen LogP contribution is -2.31. The summed E-state index contributed by atoms with van der Waals surface area (Å²) in [5, 5.41) is -0.483. The Balaban J connectivity index is 2.21. The molecule has 0 heterocycles. The Kier molecular flexibility index (Phi) is 4.64. The molecule has 0 saturated heterocycles. The number of carbonyl (C=O) groups is 1.